The molecule has 0 spiro atoms. The Bertz CT molecular complexity index is 615. The number of hydrogen-bond donors (Lipinski definition) is 3. The monoisotopic (exact) mass is 357 g/mol. The predicted octanol–water partition coefficient (Wildman–Crippen LogP) is 2.78. The molecule has 0 aromatic heterocycles. The second-order valence-electron chi connectivity index (χ2n) is 7.35. The molecule has 1 saturated heterocycles. The van der Waals surface area contributed by atoms with E-state index in [9.17, 15) is 0 Å². The van der Waals surface area contributed by atoms with E-state index in [1.165, 1.54) is 11.3 Å². The van der Waals surface area contributed by atoms with Gasteiger partial charge in [0.05, 0.1) is 0 Å². The van der Waals surface area contributed by atoms with E-state index in [2.05, 4.69) is 69.8 Å². The zero-order chi connectivity index (χ0) is 18.2. The van der Waals surface area contributed by atoms with Crippen LogP contribution in [0, 0.1) is 5.92 Å². The molecule has 2 atom stereocenters. The minimum absolute atomic E-state index is 0.270. The molecule has 3 N–H and O–H groups in total. The second-order valence-corrected chi connectivity index (χ2v) is 7.35. The summed E-state index contributed by atoms with van der Waals surface area (Å²) in [5.74, 6) is 0.605. The zero-order valence-corrected chi connectivity index (χ0v) is 15.7. The van der Waals surface area contributed by atoms with Crippen molar-refractivity contribution in [2.45, 2.75) is 32.4 Å². The van der Waals surface area contributed by atoms with E-state index in [-0.39, 0.29) is 6.61 Å². The lowest BCUT2D eigenvalue weighted by atomic mass is 9.96. The van der Waals surface area contributed by atoms with Crippen molar-refractivity contribution in [1.29, 1.82) is 0 Å². The van der Waals surface area contributed by atoms with Crippen LogP contribution in [0.15, 0.2) is 53.8 Å². The highest BCUT2D eigenvalue weighted by molar-refractivity contribution is 5.25. The Morgan fingerprint density at radius 1 is 1.23 bits per heavy atom. The van der Waals surface area contributed by atoms with Crippen LogP contribution < -0.4 is 10.6 Å². The minimum Gasteiger partial charge on any atom is -0.384 e. The van der Waals surface area contributed by atoms with Crippen LogP contribution in [0.2, 0.25) is 0 Å². The van der Waals surface area contributed by atoms with Crippen molar-refractivity contribution in [2.75, 3.05) is 32.8 Å². The maximum Gasteiger partial charge on any atom is 0.105 e. The standard InChI is InChI=1S/C21H31N3O2/c1-2-10-22-21-15-24(13-17-6-4-3-5-7-17)14-19(21)11-20-9-8-18(12-23-20)16-26-25/h3-9,19,21-23,25H,2,10-16H2,1H3. The molecule has 142 valence electrons. The van der Waals surface area contributed by atoms with Crippen molar-refractivity contribution < 1.29 is 10.1 Å². The van der Waals surface area contributed by atoms with E-state index in [1.807, 2.05) is 0 Å². The van der Waals surface area contributed by atoms with E-state index in [1.54, 1.807) is 0 Å². The first-order valence-electron chi connectivity index (χ1n) is 9.67. The smallest absolute Gasteiger partial charge is 0.105 e. The average Bonchev–Trinajstić information content (AvgIpc) is 3.03. The van der Waals surface area contributed by atoms with Crippen LogP contribution in [0.4, 0.5) is 0 Å². The molecule has 26 heavy (non-hydrogen) atoms. The summed E-state index contributed by atoms with van der Waals surface area (Å²) in [5, 5.41) is 15.8. The Kier molecular flexibility index (Phi) is 7.26. The third kappa shape index (κ3) is 5.42. The largest absolute Gasteiger partial charge is 0.384 e. The highest BCUT2D eigenvalue weighted by Gasteiger charge is 2.32. The first-order chi connectivity index (χ1) is 12.8. The van der Waals surface area contributed by atoms with Crippen molar-refractivity contribution in [1.82, 2.24) is 15.5 Å². The molecule has 5 nitrogen and oxygen atoms in total. The van der Waals surface area contributed by atoms with E-state index in [0.717, 1.165) is 51.1 Å². The molecule has 2 aliphatic heterocycles. The number of rotatable bonds is 9. The van der Waals surface area contributed by atoms with Crippen LogP contribution in [-0.2, 0) is 11.4 Å². The molecule has 1 aromatic carbocycles. The molecule has 3 rings (SSSR count). The van der Waals surface area contributed by atoms with Crippen LogP contribution >= 0.6 is 0 Å². The maximum absolute atomic E-state index is 8.58. The Morgan fingerprint density at radius 2 is 2.08 bits per heavy atom. The van der Waals surface area contributed by atoms with Gasteiger partial charge in [-0.1, -0.05) is 43.3 Å². The Labute approximate surface area is 156 Å². The van der Waals surface area contributed by atoms with Crippen molar-refractivity contribution in [3.63, 3.8) is 0 Å². The third-order valence-corrected chi connectivity index (χ3v) is 5.22. The number of likely N-dealkylation sites (tertiary alicyclic amines) is 1. The molecule has 2 aliphatic rings. The van der Waals surface area contributed by atoms with Gasteiger partial charge in [-0.25, -0.2) is 4.89 Å². The van der Waals surface area contributed by atoms with Gasteiger partial charge in [0.2, 0.25) is 0 Å². The van der Waals surface area contributed by atoms with Crippen LogP contribution in [0.5, 0.6) is 0 Å². The van der Waals surface area contributed by atoms with Gasteiger partial charge in [-0.15, -0.1) is 0 Å². The van der Waals surface area contributed by atoms with Gasteiger partial charge < -0.3 is 10.6 Å². The molecule has 1 aromatic rings. The van der Waals surface area contributed by atoms with Crippen LogP contribution in [0.25, 0.3) is 0 Å². The van der Waals surface area contributed by atoms with Gasteiger partial charge in [-0.2, -0.15) is 0 Å². The molecule has 0 aliphatic carbocycles. The summed E-state index contributed by atoms with van der Waals surface area (Å²) < 4.78 is 0. The first-order valence-corrected chi connectivity index (χ1v) is 9.67. The fourth-order valence-electron chi connectivity index (χ4n) is 3.87. The summed E-state index contributed by atoms with van der Waals surface area (Å²) in [6.07, 6.45) is 6.41. The predicted molar refractivity (Wildman–Crippen MR) is 105 cm³/mol. The number of hydrogen-bond acceptors (Lipinski definition) is 5. The molecule has 2 heterocycles. The first kappa shape index (κ1) is 19.1. The molecular formula is C21H31N3O2. The van der Waals surface area contributed by atoms with Gasteiger partial charge in [0.25, 0.3) is 0 Å². The van der Waals surface area contributed by atoms with Crippen LogP contribution in [0.3, 0.4) is 0 Å². The van der Waals surface area contributed by atoms with Crippen molar-refractivity contribution in [3.8, 4) is 0 Å². The number of benzene rings is 1. The lowest BCUT2D eigenvalue weighted by Gasteiger charge is -2.23. The molecule has 0 amide bonds. The molecule has 1 fully saturated rings. The molecule has 0 bridgehead atoms. The maximum atomic E-state index is 8.58. The topological polar surface area (TPSA) is 56.8 Å². The van der Waals surface area contributed by atoms with E-state index in [0.29, 0.717) is 12.0 Å². The Morgan fingerprint density at radius 3 is 2.77 bits per heavy atom. The Balaban J connectivity index is 1.60. The number of allylic oxidation sites excluding steroid dienone is 3. The average molecular weight is 357 g/mol. The molecule has 5 heteroatoms. The van der Waals surface area contributed by atoms with Gasteiger partial charge in [0.15, 0.2) is 0 Å². The van der Waals surface area contributed by atoms with Crippen molar-refractivity contribution >= 4 is 0 Å². The quantitative estimate of drug-likeness (QED) is 0.469. The summed E-state index contributed by atoms with van der Waals surface area (Å²) in [5.41, 5.74) is 3.73. The second kappa shape index (κ2) is 9.88. The van der Waals surface area contributed by atoms with E-state index >= 15 is 0 Å². The van der Waals surface area contributed by atoms with Crippen molar-refractivity contribution in [3.05, 3.63) is 59.3 Å². The van der Waals surface area contributed by atoms with Gasteiger partial charge in [-0.05, 0) is 42.5 Å². The highest BCUT2D eigenvalue weighted by atomic mass is 17.1. The minimum atomic E-state index is 0.270. The summed E-state index contributed by atoms with van der Waals surface area (Å²) in [6, 6.07) is 11.3. The zero-order valence-electron chi connectivity index (χ0n) is 15.7. The number of nitrogens with one attached hydrogen (secondary N) is 2. The normalized spacial score (nSPS) is 23.5. The van der Waals surface area contributed by atoms with Crippen molar-refractivity contribution in [2.24, 2.45) is 5.92 Å². The van der Waals surface area contributed by atoms with Gasteiger partial charge in [0, 0.05) is 37.9 Å². The highest BCUT2D eigenvalue weighted by Crippen LogP contribution is 2.25. The molecule has 2 unspecified atom stereocenters. The van der Waals surface area contributed by atoms with Gasteiger partial charge in [0.1, 0.15) is 6.61 Å². The van der Waals surface area contributed by atoms with E-state index in [4.69, 9.17) is 5.26 Å². The lowest BCUT2D eigenvalue weighted by molar-refractivity contribution is -0.234. The SMILES string of the molecule is CCCNC1CN(Cc2ccccc2)CC1CC1=CC=C(COO)CN1. The van der Waals surface area contributed by atoms with Crippen LogP contribution in [0.1, 0.15) is 25.3 Å². The molecule has 0 radical (unpaired) electrons. The van der Waals surface area contributed by atoms with Gasteiger partial charge >= 0.3 is 0 Å². The lowest BCUT2D eigenvalue weighted by Crippen LogP contribution is -2.37. The fourth-order valence-corrected chi connectivity index (χ4v) is 3.87. The summed E-state index contributed by atoms with van der Waals surface area (Å²) in [6.45, 7) is 7.56. The van der Waals surface area contributed by atoms with Gasteiger partial charge in [-0.3, -0.25) is 10.2 Å². The molecule has 0 saturated carbocycles. The third-order valence-electron chi connectivity index (χ3n) is 5.22. The number of dihydropyridines is 1. The summed E-state index contributed by atoms with van der Waals surface area (Å²) in [7, 11) is 0. The Hall–Kier alpha value is -1.66. The fraction of sp³-hybridized carbons (Fsp3) is 0.524. The van der Waals surface area contributed by atoms with Crippen LogP contribution in [-0.4, -0.2) is 49.0 Å². The number of nitrogens with zero attached hydrogens (tertiary/aromatic N) is 1. The summed E-state index contributed by atoms with van der Waals surface area (Å²) in [4.78, 5) is 6.79. The molecular weight excluding hydrogens is 326 g/mol. The summed E-state index contributed by atoms with van der Waals surface area (Å²) >= 11 is 0. The van der Waals surface area contributed by atoms with E-state index < -0.39 is 0 Å².